The molecular weight excluding hydrogens is 402 g/mol. The largest absolute Gasteiger partial charge is 0.377 e. The molecule has 4 aromatic rings. The molecule has 5 heterocycles. The number of pyridine rings is 1. The highest BCUT2D eigenvalue weighted by atomic mass is 16.5. The van der Waals surface area contributed by atoms with Crippen LogP contribution in [-0.4, -0.2) is 55.5 Å². The Hall–Kier alpha value is -3.26. The number of ether oxygens (including phenoxy) is 1. The molecule has 1 N–H and O–H groups in total. The van der Waals surface area contributed by atoms with Crippen LogP contribution in [-0.2, 0) is 4.74 Å². The van der Waals surface area contributed by atoms with E-state index >= 15 is 0 Å². The minimum Gasteiger partial charge on any atom is -0.377 e. The smallest absolute Gasteiger partial charge is 0.162 e. The van der Waals surface area contributed by atoms with Crippen molar-refractivity contribution in [2.24, 2.45) is 0 Å². The molecule has 0 aromatic carbocycles. The fourth-order valence-corrected chi connectivity index (χ4v) is 4.59. The van der Waals surface area contributed by atoms with Crippen molar-refractivity contribution in [1.82, 2.24) is 29.7 Å². The third-order valence-electron chi connectivity index (χ3n) is 6.15. The van der Waals surface area contributed by atoms with Gasteiger partial charge in [0.2, 0.25) is 0 Å². The minimum absolute atomic E-state index is 0.240. The molecule has 0 bridgehead atoms. The maximum absolute atomic E-state index is 5.67. The van der Waals surface area contributed by atoms with Crippen molar-refractivity contribution in [3.05, 3.63) is 42.0 Å². The molecule has 0 saturated carbocycles. The molecule has 8 heteroatoms. The quantitative estimate of drug-likeness (QED) is 0.518. The summed E-state index contributed by atoms with van der Waals surface area (Å²) in [6.45, 7) is 12.8. The van der Waals surface area contributed by atoms with Gasteiger partial charge in [0.1, 0.15) is 11.5 Å². The maximum atomic E-state index is 5.67. The zero-order chi connectivity index (χ0) is 22.4. The highest BCUT2D eigenvalue weighted by Crippen LogP contribution is 2.33. The number of hydrogen-bond donors (Lipinski definition) is 1. The summed E-state index contributed by atoms with van der Waals surface area (Å²) >= 11 is 0. The van der Waals surface area contributed by atoms with Crippen LogP contribution in [0.15, 0.2) is 30.6 Å². The van der Waals surface area contributed by atoms with E-state index in [2.05, 4.69) is 60.2 Å². The Morgan fingerprint density at radius 2 is 2.03 bits per heavy atom. The molecule has 0 spiro atoms. The van der Waals surface area contributed by atoms with Crippen molar-refractivity contribution in [3.8, 4) is 22.6 Å². The molecule has 1 atom stereocenters. The summed E-state index contributed by atoms with van der Waals surface area (Å²) in [4.78, 5) is 20.0. The van der Waals surface area contributed by atoms with Crippen LogP contribution in [0.5, 0.6) is 0 Å². The predicted octanol–water partition coefficient (Wildman–Crippen LogP) is 4.31. The van der Waals surface area contributed by atoms with E-state index in [1.165, 1.54) is 0 Å². The van der Waals surface area contributed by atoms with Gasteiger partial charge in [-0.1, -0.05) is 0 Å². The van der Waals surface area contributed by atoms with Crippen LogP contribution in [0.4, 0.5) is 5.82 Å². The Labute approximate surface area is 187 Å². The first kappa shape index (κ1) is 20.6. The molecule has 5 rings (SSSR count). The van der Waals surface area contributed by atoms with E-state index in [9.17, 15) is 0 Å². The Balaban J connectivity index is 1.73. The molecule has 1 saturated heterocycles. The molecule has 4 aromatic heterocycles. The number of nitrogens with one attached hydrogen (secondary N) is 1. The monoisotopic (exact) mass is 431 g/mol. The van der Waals surface area contributed by atoms with Gasteiger partial charge in [0, 0.05) is 53.3 Å². The lowest BCUT2D eigenvalue weighted by atomic mass is 10.1. The van der Waals surface area contributed by atoms with E-state index in [1.54, 1.807) is 6.20 Å². The van der Waals surface area contributed by atoms with Crippen molar-refractivity contribution in [3.63, 3.8) is 0 Å². The average Bonchev–Trinajstić information content (AvgIpc) is 3.37. The summed E-state index contributed by atoms with van der Waals surface area (Å²) in [6, 6.07) is 6.63. The first-order chi connectivity index (χ1) is 15.4. The first-order valence-electron chi connectivity index (χ1n) is 11.2. The Morgan fingerprint density at radius 3 is 2.78 bits per heavy atom. The third-order valence-corrected chi connectivity index (χ3v) is 6.15. The SMILES string of the molecule is Cc1nn(C(C)C)c(C)c1-c1cc(N2CCOC[C@H]2C)nc(-c2ccnc3[nH]ccc23)n1. The van der Waals surface area contributed by atoms with Crippen molar-refractivity contribution in [2.75, 3.05) is 24.7 Å². The van der Waals surface area contributed by atoms with Gasteiger partial charge in [-0.2, -0.15) is 5.10 Å². The number of rotatable bonds is 4. The Bertz CT molecular complexity index is 1270. The molecule has 32 heavy (non-hydrogen) atoms. The van der Waals surface area contributed by atoms with Gasteiger partial charge in [0.15, 0.2) is 5.82 Å². The second-order valence-electron chi connectivity index (χ2n) is 8.73. The zero-order valence-corrected chi connectivity index (χ0v) is 19.3. The van der Waals surface area contributed by atoms with Crippen LogP contribution in [0.1, 0.15) is 38.2 Å². The van der Waals surface area contributed by atoms with Crippen molar-refractivity contribution in [2.45, 2.75) is 46.7 Å². The Morgan fingerprint density at radius 1 is 1.19 bits per heavy atom. The van der Waals surface area contributed by atoms with Crippen molar-refractivity contribution < 1.29 is 4.74 Å². The molecule has 0 aliphatic carbocycles. The van der Waals surface area contributed by atoms with Crippen LogP contribution in [0, 0.1) is 13.8 Å². The fourth-order valence-electron chi connectivity index (χ4n) is 4.59. The van der Waals surface area contributed by atoms with Gasteiger partial charge in [-0.05, 0) is 46.8 Å². The van der Waals surface area contributed by atoms with E-state index in [-0.39, 0.29) is 12.1 Å². The summed E-state index contributed by atoms with van der Waals surface area (Å²) in [5, 5.41) is 5.81. The number of hydrogen-bond acceptors (Lipinski definition) is 6. The van der Waals surface area contributed by atoms with Gasteiger partial charge < -0.3 is 14.6 Å². The first-order valence-corrected chi connectivity index (χ1v) is 11.2. The highest BCUT2D eigenvalue weighted by Gasteiger charge is 2.24. The normalized spacial score (nSPS) is 16.9. The topological polar surface area (TPSA) is 84.8 Å². The van der Waals surface area contributed by atoms with E-state index < -0.39 is 0 Å². The van der Waals surface area contributed by atoms with Crippen LogP contribution in [0.25, 0.3) is 33.7 Å². The third kappa shape index (κ3) is 3.44. The molecule has 1 fully saturated rings. The molecule has 0 amide bonds. The fraction of sp³-hybridized carbons (Fsp3) is 0.417. The van der Waals surface area contributed by atoms with Gasteiger partial charge in [-0.3, -0.25) is 4.68 Å². The van der Waals surface area contributed by atoms with Crippen LogP contribution >= 0.6 is 0 Å². The summed E-state index contributed by atoms with van der Waals surface area (Å²) in [5.41, 5.74) is 5.85. The maximum Gasteiger partial charge on any atom is 0.162 e. The average molecular weight is 432 g/mol. The van der Waals surface area contributed by atoms with Gasteiger partial charge in [-0.15, -0.1) is 0 Å². The van der Waals surface area contributed by atoms with Crippen molar-refractivity contribution >= 4 is 16.9 Å². The number of aryl methyl sites for hydroxylation is 1. The second-order valence-corrected chi connectivity index (χ2v) is 8.73. The number of nitrogens with zero attached hydrogens (tertiary/aromatic N) is 6. The second kappa shape index (κ2) is 8.02. The lowest BCUT2D eigenvalue weighted by molar-refractivity contribution is 0.0985. The van der Waals surface area contributed by atoms with E-state index in [0.717, 1.165) is 51.6 Å². The van der Waals surface area contributed by atoms with Gasteiger partial charge in [0.25, 0.3) is 0 Å². The number of anilines is 1. The highest BCUT2D eigenvalue weighted by molar-refractivity contribution is 5.91. The van der Waals surface area contributed by atoms with Gasteiger partial charge in [-0.25, -0.2) is 15.0 Å². The van der Waals surface area contributed by atoms with E-state index in [0.29, 0.717) is 19.0 Å². The number of H-pyrrole nitrogens is 1. The van der Waals surface area contributed by atoms with E-state index in [1.807, 2.05) is 18.3 Å². The number of aromatic amines is 1. The molecule has 8 nitrogen and oxygen atoms in total. The standard InChI is InChI=1S/C24H29N7O/c1-14(2)31-17(5)22(16(4)29-31)20-12-21(30-10-11-32-13-15(30)3)28-24(27-20)19-7-9-26-23-18(19)6-8-25-23/h6-9,12,14-15H,10-11,13H2,1-5H3,(H,25,26)/t15-/m1/s1. The van der Waals surface area contributed by atoms with Crippen LogP contribution < -0.4 is 4.90 Å². The van der Waals surface area contributed by atoms with Gasteiger partial charge >= 0.3 is 0 Å². The molecular formula is C24H29N7O. The summed E-state index contributed by atoms with van der Waals surface area (Å²) in [7, 11) is 0. The zero-order valence-electron chi connectivity index (χ0n) is 19.3. The minimum atomic E-state index is 0.240. The summed E-state index contributed by atoms with van der Waals surface area (Å²) < 4.78 is 7.74. The lowest BCUT2D eigenvalue weighted by Crippen LogP contribution is -2.44. The number of morpholine rings is 1. The van der Waals surface area contributed by atoms with Crippen LogP contribution in [0.3, 0.4) is 0 Å². The predicted molar refractivity (Wildman–Crippen MR) is 126 cm³/mol. The molecule has 0 unspecified atom stereocenters. The van der Waals surface area contributed by atoms with Crippen molar-refractivity contribution in [1.29, 1.82) is 0 Å². The number of aromatic nitrogens is 6. The van der Waals surface area contributed by atoms with Crippen LogP contribution in [0.2, 0.25) is 0 Å². The molecule has 166 valence electrons. The Kier molecular flexibility index (Phi) is 5.17. The number of fused-ring (bicyclic) bond motifs is 1. The molecule has 1 aliphatic heterocycles. The molecule has 0 radical (unpaired) electrons. The summed E-state index contributed by atoms with van der Waals surface area (Å²) in [6.07, 6.45) is 3.70. The lowest BCUT2D eigenvalue weighted by Gasteiger charge is -2.34. The van der Waals surface area contributed by atoms with Gasteiger partial charge in [0.05, 0.1) is 30.6 Å². The molecule has 1 aliphatic rings. The van der Waals surface area contributed by atoms with E-state index in [4.69, 9.17) is 19.8 Å². The summed E-state index contributed by atoms with van der Waals surface area (Å²) in [5.74, 6) is 1.61.